The van der Waals surface area contributed by atoms with Crippen molar-refractivity contribution in [3.63, 3.8) is 0 Å². The zero-order valence-electron chi connectivity index (χ0n) is 3.36. The molecule has 0 saturated heterocycles. The van der Waals surface area contributed by atoms with Crippen LogP contribution >= 0.6 is 57.4 Å². The van der Waals surface area contributed by atoms with Crippen molar-refractivity contribution in [3.8, 4) is 0 Å². The summed E-state index contributed by atoms with van der Waals surface area (Å²) in [5, 5.41) is 0. The molecular formula is C2H5BI2S. The summed E-state index contributed by atoms with van der Waals surface area (Å²) in [7, 11) is 0. The maximum absolute atomic E-state index is 4.17. The average Bonchev–Trinajstić information content (AvgIpc) is 1.36. The van der Waals surface area contributed by atoms with E-state index in [2.05, 4.69) is 64.4 Å². The summed E-state index contributed by atoms with van der Waals surface area (Å²) >= 11 is 8.81. The molecule has 0 aromatic rings. The van der Waals surface area contributed by atoms with Gasteiger partial charge < -0.3 is 0 Å². The minimum atomic E-state index is 0.503. The molecule has 0 radical (unpaired) electrons. The Hall–Kier alpha value is 1.87. The maximum atomic E-state index is 4.17. The molecule has 0 N–H and O–H groups in total. The second-order valence-corrected chi connectivity index (χ2v) is 5.90. The molecule has 0 aromatic heterocycles. The van der Waals surface area contributed by atoms with Gasteiger partial charge in [0.05, 0.1) is 0 Å². The Kier molecular flexibility index (Phi) is 5.02. The first-order valence-corrected chi connectivity index (χ1v) is 4.61. The lowest BCUT2D eigenvalue weighted by Crippen LogP contribution is -2.05. The van der Waals surface area contributed by atoms with E-state index < -0.39 is 0 Å². The molecule has 4 heteroatoms. The van der Waals surface area contributed by atoms with E-state index in [1.54, 1.807) is 0 Å². The van der Waals surface area contributed by atoms with Crippen molar-refractivity contribution in [2.45, 2.75) is 10.7 Å². The van der Waals surface area contributed by atoms with E-state index >= 15 is 0 Å². The van der Waals surface area contributed by atoms with E-state index in [4.69, 9.17) is 0 Å². The number of hydrogen-bond acceptors (Lipinski definition) is 1. The highest BCUT2D eigenvalue weighted by atomic mass is 127. The third kappa shape index (κ3) is 4.05. The Labute approximate surface area is 71.2 Å². The molecule has 0 saturated carbocycles. The highest BCUT2D eigenvalue weighted by molar-refractivity contribution is 14.1. The van der Waals surface area contributed by atoms with Gasteiger partial charge in [-0.3, -0.25) is 0 Å². The highest BCUT2D eigenvalue weighted by Gasteiger charge is 2.07. The Morgan fingerprint density at radius 3 is 2.00 bits per heavy atom. The molecule has 0 rings (SSSR count). The van der Waals surface area contributed by atoms with Crippen molar-refractivity contribution in [2.75, 3.05) is 0 Å². The number of halogens is 2. The normalized spacial score (nSPS) is 14.0. The van der Waals surface area contributed by atoms with Crippen LogP contribution in [-0.2, 0) is 0 Å². The van der Waals surface area contributed by atoms with Gasteiger partial charge in [-0.2, -0.15) is 0 Å². The van der Waals surface area contributed by atoms with Crippen molar-refractivity contribution in [1.82, 2.24) is 0 Å². The first kappa shape index (κ1) is 7.87. The average molecular weight is 326 g/mol. The Balaban J connectivity index is 2.99. The van der Waals surface area contributed by atoms with E-state index in [1.165, 1.54) is 0 Å². The second kappa shape index (κ2) is 3.83. The molecule has 0 heterocycles. The van der Waals surface area contributed by atoms with E-state index in [0.717, 1.165) is 0 Å². The van der Waals surface area contributed by atoms with Crippen LogP contribution in [0, 0.1) is 0 Å². The lowest BCUT2D eigenvalue weighted by atomic mass is 10.1. The highest BCUT2D eigenvalue weighted by Crippen LogP contribution is 2.12. The van der Waals surface area contributed by atoms with Crippen LogP contribution in [-0.4, -0.2) is 7.67 Å². The Morgan fingerprint density at radius 2 is 2.00 bits per heavy atom. The van der Waals surface area contributed by atoms with Crippen LogP contribution < -0.4 is 0 Å². The number of alkyl halides is 1. The van der Waals surface area contributed by atoms with Crippen molar-refractivity contribution in [1.29, 1.82) is 0 Å². The van der Waals surface area contributed by atoms with Gasteiger partial charge in [0.25, 0.3) is 3.85 Å². The van der Waals surface area contributed by atoms with Crippen molar-refractivity contribution < 1.29 is 0 Å². The van der Waals surface area contributed by atoms with Crippen LogP contribution in [0.4, 0.5) is 0 Å². The molecule has 0 bridgehead atoms. The summed E-state index contributed by atoms with van der Waals surface area (Å²) in [4.78, 5) is 0. The monoisotopic (exact) mass is 326 g/mol. The second-order valence-electron chi connectivity index (χ2n) is 1.05. The van der Waals surface area contributed by atoms with Crippen molar-refractivity contribution >= 4 is 61.3 Å². The van der Waals surface area contributed by atoms with E-state index in [9.17, 15) is 0 Å². The summed E-state index contributed by atoms with van der Waals surface area (Å²) in [6.07, 6.45) is 0. The van der Waals surface area contributed by atoms with Gasteiger partial charge in [-0.1, -0.05) is 29.5 Å². The fraction of sp³-hybridized carbons (Fsp3) is 1.00. The fourth-order valence-electron chi connectivity index (χ4n) is 0. The van der Waals surface area contributed by atoms with Gasteiger partial charge in [0, 0.05) is 3.82 Å². The molecule has 0 nitrogen and oxygen atoms in total. The van der Waals surface area contributed by atoms with Gasteiger partial charge in [0.2, 0.25) is 0 Å². The molecule has 0 aliphatic rings. The summed E-state index contributed by atoms with van der Waals surface area (Å²) in [6.45, 7) is 2.14. The van der Waals surface area contributed by atoms with Crippen LogP contribution in [0.25, 0.3) is 0 Å². The lowest BCUT2D eigenvalue weighted by Gasteiger charge is -1.95. The number of hydrogen-bond donors (Lipinski definition) is 1. The first-order chi connectivity index (χ1) is 2.64. The van der Waals surface area contributed by atoms with Crippen molar-refractivity contribution in [2.24, 2.45) is 0 Å². The first-order valence-electron chi connectivity index (χ1n) is 1.61. The Bertz CT molecular complexity index is 32.5. The topological polar surface area (TPSA) is 0 Å². The van der Waals surface area contributed by atoms with E-state index in [-0.39, 0.29) is 0 Å². The fourth-order valence-corrected chi connectivity index (χ4v) is 0. The SMILES string of the molecule is CC(I)B(S)I. The molecule has 6 heavy (non-hydrogen) atoms. The molecule has 0 aliphatic heterocycles. The van der Waals surface area contributed by atoms with Crippen LogP contribution in [0.1, 0.15) is 6.92 Å². The third-order valence-corrected chi connectivity index (χ3v) is 4.57. The molecule has 1 atom stereocenters. The van der Waals surface area contributed by atoms with Gasteiger partial charge in [-0.15, -0.1) is 22.4 Å². The van der Waals surface area contributed by atoms with E-state index in [1.807, 2.05) is 0 Å². The van der Waals surface area contributed by atoms with Gasteiger partial charge >= 0.3 is 0 Å². The smallest absolute Gasteiger partial charge is 0.213 e. The molecule has 36 valence electrons. The molecule has 0 aliphatic carbocycles. The van der Waals surface area contributed by atoms with Gasteiger partial charge in [0.1, 0.15) is 0 Å². The van der Waals surface area contributed by atoms with Gasteiger partial charge in [-0.05, 0) is 0 Å². The third-order valence-electron chi connectivity index (χ3n) is 0.379. The van der Waals surface area contributed by atoms with Crippen molar-refractivity contribution in [3.05, 3.63) is 0 Å². The van der Waals surface area contributed by atoms with Crippen LogP contribution in [0.3, 0.4) is 0 Å². The predicted octanol–water partition coefficient (Wildman–Crippen LogP) is 2.20. The maximum Gasteiger partial charge on any atom is 0.290 e. The summed E-state index contributed by atoms with van der Waals surface area (Å²) < 4.78 is 1.18. The van der Waals surface area contributed by atoms with Gasteiger partial charge in [0.15, 0.2) is 0 Å². The van der Waals surface area contributed by atoms with Crippen LogP contribution in [0.5, 0.6) is 0 Å². The summed E-state index contributed by atoms with van der Waals surface area (Å²) in [5.74, 6) is 0. The quantitative estimate of drug-likeness (QED) is 0.325. The minimum absolute atomic E-state index is 0.503. The molecule has 0 aromatic carbocycles. The molecule has 1 unspecified atom stereocenters. The standard InChI is InChI=1S/C2H5BI2S/c1-2(4)3(5)6/h2,6H,1H3. The lowest BCUT2D eigenvalue weighted by molar-refractivity contribution is 1.45. The van der Waals surface area contributed by atoms with E-state index in [0.29, 0.717) is 7.67 Å². The van der Waals surface area contributed by atoms with Crippen LogP contribution in [0.2, 0.25) is 0 Å². The molecule has 0 fully saturated rings. The predicted molar refractivity (Wildman–Crippen MR) is 52.2 cm³/mol. The largest absolute Gasteiger partial charge is 0.290 e. The zero-order valence-corrected chi connectivity index (χ0v) is 8.57. The van der Waals surface area contributed by atoms with Gasteiger partial charge in [-0.25, -0.2) is 12.5 Å². The summed E-state index contributed by atoms with van der Waals surface area (Å²) in [6, 6.07) is 0. The number of thiol groups is 1. The number of rotatable bonds is 1. The molecular weight excluding hydrogens is 321 g/mol. The summed E-state index contributed by atoms with van der Waals surface area (Å²) in [5.41, 5.74) is 0. The Morgan fingerprint density at radius 1 is 1.83 bits per heavy atom. The minimum Gasteiger partial charge on any atom is -0.213 e. The molecule has 0 amide bonds. The van der Waals surface area contributed by atoms with Crippen LogP contribution in [0.15, 0.2) is 0 Å². The molecule has 0 spiro atoms. The zero-order chi connectivity index (χ0) is 5.15.